The zero-order valence-corrected chi connectivity index (χ0v) is 11.4. The lowest BCUT2D eigenvalue weighted by Crippen LogP contribution is -2.07. The number of carboxylic acid groups (broad SMARTS) is 1. The highest BCUT2D eigenvalue weighted by atomic mass is 35.5. The monoisotopic (exact) mass is 334 g/mol. The van der Waals surface area contributed by atoms with Gasteiger partial charge in [0.25, 0.3) is 0 Å². The van der Waals surface area contributed by atoms with Gasteiger partial charge in [-0.1, -0.05) is 17.7 Å². The molecule has 0 amide bonds. The number of rotatable bonds is 3. The van der Waals surface area contributed by atoms with Crippen LogP contribution in [0.25, 0.3) is 0 Å². The Balaban J connectivity index is 2.46. The molecule has 116 valence electrons. The second-order valence-electron chi connectivity index (χ2n) is 4.17. The normalized spacial score (nSPS) is 11.3. The molecule has 0 spiro atoms. The summed E-state index contributed by atoms with van der Waals surface area (Å²) >= 11 is 5.55. The first-order valence-corrected chi connectivity index (χ1v) is 6.14. The first-order valence-electron chi connectivity index (χ1n) is 5.76. The van der Waals surface area contributed by atoms with Gasteiger partial charge in [0.15, 0.2) is 11.6 Å². The largest absolute Gasteiger partial charge is 0.478 e. The molecule has 2 aromatic rings. The number of carbonyl (C=O) groups is 1. The molecular weight excluding hydrogens is 328 g/mol. The Morgan fingerprint density at radius 3 is 2.45 bits per heavy atom. The van der Waals surface area contributed by atoms with Gasteiger partial charge in [0, 0.05) is 0 Å². The predicted octanol–water partition coefficient (Wildman–Crippen LogP) is 4.99. The maximum absolute atomic E-state index is 13.7. The fourth-order valence-electron chi connectivity index (χ4n) is 1.66. The molecule has 0 aliphatic carbocycles. The summed E-state index contributed by atoms with van der Waals surface area (Å²) in [6.07, 6.45) is -4.77. The van der Waals surface area contributed by atoms with Gasteiger partial charge in [0.1, 0.15) is 5.75 Å². The maximum atomic E-state index is 13.7. The van der Waals surface area contributed by atoms with Gasteiger partial charge in [-0.05, 0) is 30.3 Å². The highest BCUT2D eigenvalue weighted by Gasteiger charge is 2.35. The van der Waals surface area contributed by atoms with Crippen LogP contribution in [0.4, 0.5) is 17.6 Å². The standard InChI is InChI=1S/C14H7ClF4O3/c15-11-9(14(17,18)19)4-5-10(16)12(11)22-8-3-1-2-7(6-8)13(20)21/h1-6H,(H,20,21). The first-order chi connectivity index (χ1) is 10.2. The smallest absolute Gasteiger partial charge is 0.417 e. The summed E-state index contributed by atoms with van der Waals surface area (Å²) in [5, 5.41) is 7.89. The van der Waals surface area contributed by atoms with E-state index in [4.69, 9.17) is 21.4 Å². The second-order valence-corrected chi connectivity index (χ2v) is 4.55. The van der Waals surface area contributed by atoms with Gasteiger partial charge in [0.05, 0.1) is 16.1 Å². The van der Waals surface area contributed by atoms with Crippen LogP contribution in [-0.4, -0.2) is 11.1 Å². The summed E-state index contributed by atoms with van der Waals surface area (Å²) in [6.45, 7) is 0. The molecular formula is C14H7ClF4O3. The van der Waals surface area contributed by atoms with E-state index < -0.39 is 34.3 Å². The van der Waals surface area contributed by atoms with Gasteiger partial charge in [-0.3, -0.25) is 0 Å². The SMILES string of the molecule is O=C(O)c1cccc(Oc2c(F)ccc(C(F)(F)F)c2Cl)c1. The predicted molar refractivity (Wildman–Crippen MR) is 69.9 cm³/mol. The molecule has 8 heteroatoms. The number of halogens is 5. The van der Waals surface area contributed by atoms with Crippen molar-refractivity contribution < 1.29 is 32.2 Å². The molecule has 0 saturated carbocycles. The van der Waals surface area contributed by atoms with Crippen LogP contribution < -0.4 is 4.74 Å². The topological polar surface area (TPSA) is 46.5 Å². The zero-order chi connectivity index (χ0) is 16.5. The average Bonchev–Trinajstić information content (AvgIpc) is 2.42. The van der Waals surface area contributed by atoms with Crippen LogP contribution in [0.5, 0.6) is 11.5 Å². The van der Waals surface area contributed by atoms with Crippen molar-refractivity contribution in [2.24, 2.45) is 0 Å². The van der Waals surface area contributed by atoms with E-state index in [1.807, 2.05) is 0 Å². The van der Waals surface area contributed by atoms with Crippen molar-refractivity contribution in [3.05, 3.63) is 58.4 Å². The second kappa shape index (κ2) is 5.84. The molecule has 3 nitrogen and oxygen atoms in total. The third-order valence-electron chi connectivity index (χ3n) is 2.66. The molecule has 0 radical (unpaired) electrons. The van der Waals surface area contributed by atoms with Crippen LogP contribution >= 0.6 is 11.6 Å². The summed E-state index contributed by atoms with van der Waals surface area (Å²) in [7, 11) is 0. The molecule has 0 fully saturated rings. The molecule has 0 aliphatic heterocycles. The van der Waals surface area contributed by atoms with Crippen molar-refractivity contribution in [1.29, 1.82) is 0 Å². The van der Waals surface area contributed by atoms with E-state index in [-0.39, 0.29) is 11.3 Å². The average molecular weight is 335 g/mol. The van der Waals surface area contributed by atoms with Crippen molar-refractivity contribution >= 4 is 17.6 Å². The lowest BCUT2D eigenvalue weighted by Gasteiger charge is -2.14. The molecule has 2 rings (SSSR count). The van der Waals surface area contributed by atoms with Gasteiger partial charge in [-0.2, -0.15) is 13.2 Å². The number of carboxylic acids is 1. The Morgan fingerprint density at radius 2 is 1.86 bits per heavy atom. The van der Waals surface area contributed by atoms with Gasteiger partial charge >= 0.3 is 12.1 Å². The third-order valence-corrected chi connectivity index (χ3v) is 3.03. The Hall–Kier alpha value is -2.28. The molecule has 0 aromatic heterocycles. The number of benzene rings is 2. The van der Waals surface area contributed by atoms with Gasteiger partial charge < -0.3 is 9.84 Å². The third kappa shape index (κ3) is 3.30. The van der Waals surface area contributed by atoms with E-state index in [2.05, 4.69) is 0 Å². The van der Waals surface area contributed by atoms with E-state index in [1.165, 1.54) is 18.2 Å². The summed E-state index contributed by atoms with van der Waals surface area (Å²) in [5.41, 5.74) is -1.42. The van der Waals surface area contributed by atoms with Crippen molar-refractivity contribution in [2.75, 3.05) is 0 Å². The Bertz CT molecular complexity index is 729. The van der Waals surface area contributed by atoms with Gasteiger partial charge in [-0.15, -0.1) is 0 Å². The van der Waals surface area contributed by atoms with Crippen LogP contribution in [0.3, 0.4) is 0 Å². The lowest BCUT2D eigenvalue weighted by molar-refractivity contribution is -0.137. The zero-order valence-electron chi connectivity index (χ0n) is 10.6. The van der Waals surface area contributed by atoms with Crippen molar-refractivity contribution in [1.82, 2.24) is 0 Å². The van der Waals surface area contributed by atoms with E-state index in [9.17, 15) is 22.4 Å². The number of hydrogen-bond donors (Lipinski definition) is 1. The quantitative estimate of drug-likeness (QED) is 0.804. The minimum atomic E-state index is -4.77. The first kappa shape index (κ1) is 16.1. The molecule has 0 atom stereocenters. The highest BCUT2D eigenvalue weighted by molar-refractivity contribution is 6.33. The minimum absolute atomic E-state index is 0.153. The van der Waals surface area contributed by atoms with E-state index in [1.54, 1.807) is 0 Å². The molecule has 1 N–H and O–H groups in total. The van der Waals surface area contributed by atoms with Crippen LogP contribution in [0.2, 0.25) is 5.02 Å². The summed E-state index contributed by atoms with van der Waals surface area (Å²) in [6, 6.07) is 5.93. The van der Waals surface area contributed by atoms with Crippen molar-refractivity contribution in [3.63, 3.8) is 0 Å². The molecule has 0 saturated heterocycles. The number of ether oxygens (including phenoxy) is 1. The van der Waals surface area contributed by atoms with Crippen LogP contribution in [0.1, 0.15) is 15.9 Å². The Labute approximate surface area is 126 Å². The molecule has 0 bridgehead atoms. The van der Waals surface area contributed by atoms with Gasteiger partial charge in [0.2, 0.25) is 0 Å². The molecule has 0 unspecified atom stereocenters. The fraction of sp³-hybridized carbons (Fsp3) is 0.0714. The van der Waals surface area contributed by atoms with E-state index >= 15 is 0 Å². The number of aromatic carboxylic acids is 1. The summed E-state index contributed by atoms with van der Waals surface area (Å²) in [4.78, 5) is 10.8. The van der Waals surface area contributed by atoms with E-state index in [0.29, 0.717) is 12.1 Å². The van der Waals surface area contributed by atoms with Crippen molar-refractivity contribution in [3.8, 4) is 11.5 Å². The van der Waals surface area contributed by atoms with Gasteiger partial charge in [-0.25, -0.2) is 9.18 Å². The number of hydrogen-bond acceptors (Lipinski definition) is 2. The summed E-state index contributed by atoms with van der Waals surface area (Å²) in [5.74, 6) is -3.33. The van der Waals surface area contributed by atoms with Crippen molar-refractivity contribution in [2.45, 2.75) is 6.18 Å². The minimum Gasteiger partial charge on any atom is -0.478 e. The number of alkyl halides is 3. The summed E-state index contributed by atoms with van der Waals surface area (Å²) < 4.78 is 56.9. The lowest BCUT2D eigenvalue weighted by atomic mass is 10.2. The molecule has 0 heterocycles. The highest BCUT2D eigenvalue weighted by Crippen LogP contribution is 2.42. The molecule has 22 heavy (non-hydrogen) atoms. The van der Waals surface area contributed by atoms with Crippen LogP contribution in [-0.2, 0) is 6.18 Å². The maximum Gasteiger partial charge on any atom is 0.417 e. The fourth-order valence-corrected chi connectivity index (χ4v) is 1.95. The molecule has 0 aliphatic rings. The molecule has 2 aromatic carbocycles. The van der Waals surface area contributed by atoms with E-state index in [0.717, 1.165) is 6.07 Å². The van der Waals surface area contributed by atoms with Crippen LogP contribution in [0.15, 0.2) is 36.4 Å². The Kier molecular flexibility index (Phi) is 4.27. The Morgan fingerprint density at radius 1 is 1.18 bits per heavy atom. The van der Waals surface area contributed by atoms with Crippen LogP contribution in [0, 0.1) is 5.82 Å².